The number of hydrogen-bond donors (Lipinski definition) is 0. The number of fused-ring (bicyclic) bond motifs is 1. The van der Waals surface area contributed by atoms with Crippen molar-refractivity contribution in [2.24, 2.45) is 0 Å². The highest BCUT2D eigenvalue weighted by Crippen LogP contribution is 2.13. The number of rotatable bonds is 0. The second-order valence-electron chi connectivity index (χ2n) is 2.71. The van der Waals surface area contributed by atoms with E-state index >= 15 is 0 Å². The van der Waals surface area contributed by atoms with Gasteiger partial charge in [0, 0.05) is 26.8 Å². The summed E-state index contributed by atoms with van der Waals surface area (Å²) in [5.74, 6) is 0. The van der Waals surface area contributed by atoms with Crippen LogP contribution in [0.25, 0.3) is 10.9 Å². The van der Waals surface area contributed by atoms with E-state index in [2.05, 4.69) is 26.3 Å². The minimum Gasteiger partial charge on any atom is -0.236 e. The number of halogens is 3. The van der Waals surface area contributed by atoms with E-state index in [0.717, 1.165) is 10.9 Å². The molecule has 0 saturated carbocycles. The van der Waals surface area contributed by atoms with Gasteiger partial charge < -0.3 is 0 Å². The van der Waals surface area contributed by atoms with Gasteiger partial charge in [0.1, 0.15) is 5.15 Å². The number of hydrogen-bond acceptors (Lipinski definition) is 3. The van der Waals surface area contributed by atoms with Crippen LogP contribution in [0, 0.1) is 0 Å². The predicted octanol–water partition coefficient (Wildman–Crippen LogP) is 3.60. The van der Waals surface area contributed by atoms with Gasteiger partial charge in [-0.15, -0.1) is 0 Å². The van der Waals surface area contributed by atoms with Gasteiger partial charge in [0.15, 0.2) is 0 Å². The molecule has 0 fully saturated rings. The Balaban J connectivity index is 0.000000221. The lowest BCUT2D eigenvalue weighted by molar-refractivity contribution is 0.621. The first-order valence-corrected chi connectivity index (χ1v) is 7.53. The fraction of sp³-hybridized carbons (Fsp3) is 0. The van der Waals surface area contributed by atoms with Gasteiger partial charge in [0.05, 0.1) is 5.52 Å². The van der Waals surface area contributed by atoms with Crippen LogP contribution in [0.4, 0.5) is 0 Å². The van der Waals surface area contributed by atoms with Crippen LogP contribution >= 0.6 is 33.0 Å². The molecule has 0 aliphatic carbocycles. The molecule has 0 aliphatic heterocycles. The number of pyridine rings is 1. The van der Waals surface area contributed by atoms with Gasteiger partial charge in [0.25, 0.3) is 0 Å². The summed E-state index contributed by atoms with van der Waals surface area (Å²) >= 11 is 5.71. The van der Waals surface area contributed by atoms with E-state index in [0.29, 0.717) is 5.15 Å². The Hall–Kier alpha value is -0.550. The van der Waals surface area contributed by atoms with Crippen LogP contribution in [-0.4, -0.2) is 13.4 Å². The zero-order valence-electron chi connectivity index (χ0n) is 7.77. The first-order valence-electron chi connectivity index (χ1n) is 4.02. The van der Waals surface area contributed by atoms with Crippen molar-refractivity contribution in [3.8, 4) is 0 Å². The Labute approximate surface area is 107 Å². The van der Waals surface area contributed by atoms with E-state index < -0.39 is 8.26 Å². The first-order chi connectivity index (χ1) is 7.36. The first kappa shape index (κ1) is 13.5. The summed E-state index contributed by atoms with van der Waals surface area (Å²) in [5.41, 5.74) is 0.944. The summed E-state index contributed by atoms with van der Waals surface area (Å²) in [6, 6.07) is 11.7. The molecular formula is C9H6Cl3NO2S. The third-order valence-electron chi connectivity index (χ3n) is 1.56. The van der Waals surface area contributed by atoms with E-state index in [-0.39, 0.29) is 0 Å². The molecule has 0 radical (unpaired) electrons. The fourth-order valence-corrected chi connectivity index (χ4v) is 1.20. The maximum Gasteiger partial charge on any atom is 0.317 e. The molecule has 0 bridgehead atoms. The van der Waals surface area contributed by atoms with Crippen LogP contribution in [0.3, 0.4) is 0 Å². The number of aromatic nitrogens is 1. The number of nitrogens with zero attached hydrogens (tertiary/aromatic N) is 1. The van der Waals surface area contributed by atoms with E-state index in [1.165, 1.54) is 0 Å². The van der Waals surface area contributed by atoms with Gasteiger partial charge in [0.2, 0.25) is 0 Å². The lowest BCUT2D eigenvalue weighted by Crippen LogP contribution is -1.76. The van der Waals surface area contributed by atoms with Crippen molar-refractivity contribution in [2.45, 2.75) is 0 Å². The second-order valence-corrected chi connectivity index (χ2v) is 6.76. The fourth-order valence-electron chi connectivity index (χ4n) is 1.04. The molecule has 0 atom stereocenters. The molecule has 2 aromatic rings. The highest BCUT2D eigenvalue weighted by molar-refractivity contribution is 8.31. The zero-order valence-corrected chi connectivity index (χ0v) is 10.9. The largest absolute Gasteiger partial charge is 0.317 e. The Bertz CT molecular complexity index is 578. The maximum absolute atomic E-state index is 9.16. The monoisotopic (exact) mass is 297 g/mol. The molecule has 0 unspecified atom stereocenters. The third-order valence-corrected chi connectivity index (χ3v) is 1.77. The Morgan fingerprint density at radius 1 is 1.00 bits per heavy atom. The molecule has 0 aliphatic rings. The zero-order chi connectivity index (χ0) is 12.2. The molecule has 0 amide bonds. The molecule has 2 rings (SSSR count). The third kappa shape index (κ3) is 5.51. The average molecular weight is 299 g/mol. The van der Waals surface area contributed by atoms with Gasteiger partial charge in [-0.05, 0) is 18.2 Å². The van der Waals surface area contributed by atoms with Crippen molar-refractivity contribution in [3.63, 3.8) is 0 Å². The maximum atomic E-state index is 9.16. The standard InChI is InChI=1S/C9H6ClN.Cl2O2S/c10-9-6-5-7-3-1-2-4-8(7)11-9;1-5(2,3)4/h1-6H;. The van der Waals surface area contributed by atoms with Crippen LogP contribution in [0.1, 0.15) is 0 Å². The Morgan fingerprint density at radius 3 is 2.19 bits per heavy atom. The van der Waals surface area contributed by atoms with Crippen molar-refractivity contribution < 1.29 is 8.42 Å². The molecule has 0 saturated heterocycles. The molecular weight excluding hydrogens is 293 g/mol. The molecule has 1 aromatic heterocycles. The van der Waals surface area contributed by atoms with Gasteiger partial charge >= 0.3 is 8.26 Å². The van der Waals surface area contributed by atoms with Crippen LogP contribution < -0.4 is 0 Å². The molecule has 3 nitrogen and oxygen atoms in total. The highest BCUT2D eigenvalue weighted by atomic mass is 36.0. The van der Waals surface area contributed by atoms with Crippen molar-refractivity contribution in [1.82, 2.24) is 4.98 Å². The summed E-state index contributed by atoms with van der Waals surface area (Å²) in [4.78, 5) is 4.14. The van der Waals surface area contributed by atoms with E-state index in [1.807, 2.05) is 30.3 Å². The van der Waals surface area contributed by atoms with Crippen LogP contribution in [0.5, 0.6) is 0 Å². The van der Waals surface area contributed by atoms with Crippen molar-refractivity contribution in [2.75, 3.05) is 0 Å². The van der Waals surface area contributed by atoms with Crippen molar-refractivity contribution in [1.29, 1.82) is 0 Å². The van der Waals surface area contributed by atoms with Crippen molar-refractivity contribution in [3.05, 3.63) is 41.6 Å². The summed E-state index contributed by atoms with van der Waals surface area (Å²) in [6.45, 7) is 0. The predicted molar refractivity (Wildman–Crippen MR) is 67.4 cm³/mol. The summed E-state index contributed by atoms with van der Waals surface area (Å²) in [5, 5.41) is 1.67. The molecule has 0 spiro atoms. The van der Waals surface area contributed by atoms with Crippen LogP contribution in [0.2, 0.25) is 5.15 Å². The SMILES string of the molecule is Clc1ccc2ccccc2n1.O=S(=O)(Cl)Cl. The molecule has 1 aromatic carbocycles. The van der Waals surface area contributed by atoms with Crippen molar-refractivity contribution >= 4 is 52.1 Å². The van der Waals surface area contributed by atoms with E-state index in [1.54, 1.807) is 6.07 Å². The Kier molecular flexibility index (Phi) is 4.80. The second kappa shape index (κ2) is 5.68. The molecule has 1 heterocycles. The van der Waals surface area contributed by atoms with Crippen LogP contribution in [0.15, 0.2) is 36.4 Å². The normalized spacial score (nSPS) is 10.7. The quantitative estimate of drug-likeness (QED) is 0.551. The molecule has 16 heavy (non-hydrogen) atoms. The van der Waals surface area contributed by atoms with Gasteiger partial charge in [-0.2, -0.15) is 8.42 Å². The summed E-state index contributed by atoms with van der Waals surface area (Å²) in [6.07, 6.45) is 0. The Morgan fingerprint density at radius 2 is 1.56 bits per heavy atom. The smallest absolute Gasteiger partial charge is 0.236 e. The topological polar surface area (TPSA) is 47.0 Å². The molecule has 0 N–H and O–H groups in total. The van der Waals surface area contributed by atoms with Crippen LogP contribution in [-0.2, 0) is 8.26 Å². The molecule has 86 valence electrons. The molecule has 7 heteroatoms. The minimum atomic E-state index is -3.72. The average Bonchev–Trinajstić information content (AvgIpc) is 2.15. The van der Waals surface area contributed by atoms with E-state index in [9.17, 15) is 0 Å². The number of benzene rings is 1. The lowest BCUT2D eigenvalue weighted by atomic mass is 10.2. The summed E-state index contributed by atoms with van der Waals surface area (Å²) in [7, 11) is 4.81. The summed E-state index contributed by atoms with van der Waals surface area (Å²) < 4.78 is 18.3. The van der Waals surface area contributed by atoms with E-state index in [4.69, 9.17) is 20.0 Å². The van der Waals surface area contributed by atoms with Gasteiger partial charge in [-0.3, -0.25) is 0 Å². The van der Waals surface area contributed by atoms with Gasteiger partial charge in [-0.1, -0.05) is 29.8 Å². The lowest BCUT2D eigenvalue weighted by Gasteiger charge is -1.94. The number of para-hydroxylation sites is 1. The minimum absolute atomic E-state index is 0.545. The van der Waals surface area contributed by atoms with Gasteiger partial charge in [-0.25, -0.2) is 4.98 Å². The highest BCUT2D eigenvalue weighted by Gasteiger charge is 1.92.